The molecule has 0 saturated heterocycles. The lowest BCUT2D eigenvalue weighted by Gasteiger charge is -2.09. The predicted molar refractivity (Wildman–Crippen MR) is 84.7 cm³/mol. The van der Waals surface area contributed by atoms with Crippen molar-refractivity contribution in [3.05, 3.63) is 53.7 Å². The highest BCUT2D eigenvalue weighted by Crippen LogP contribution is 2.22. The monoisotopic (exact) mass is 310 g/mol. The number of nitrogens with one attached hydrogen (secondary N) is 1. The summed E-state index contributed by atoms with van der Waals surface area (Å²) in [7, 11) is 1.69. The van der Waals surface area contributed by atoms with E-state index in [0.717, 1.165) is 5.56 Å². The number of halogens is 1. The second-order valence-electron chi connectivity index (χ2n) is 4.96. The standard InChI is InChI=1S/C15H12BFN4O2/c16-14-11-10(18-5-6-19-11)13(22)12(21-14)15(23)20-7-8-1-3-9(17)4-2-8/h1-6,22H,7,16H2,(H,20,23). The van der Waals surface area contributed by atoms with Gasteiger partial charge in [-0.15, -0.1) is 0 Å². The summed E-state index contributed by atoms with van der Waals surface area (Å²) in [5.74, 6) is -1.19. The molecule has 3 rings (SSSR count). The second-order valence-corrected chi connectivity index (χ2v) is 4.96. The van der Waals surface area contributed by atoms with Gasteiger partial charge in [0.1, 0.15) is 16.9 Å². The largest absolute Gasteiger partial charge is 0.504 e. The lowest BCUT2D eigenvalue weighted by Crippen LogP contribution is -2.27. The first-order valence-corrected chi connectivity index (χ1v) is 6.89. The van der Waals surface area contributed by atoms with Crippen LogP contribution in [0.15, 0.2) is 36.7 Å². The molecule has 1 amide bonds. The van der Waals surface area contributed by atoms with Gasteiger partial charge in [-0.3, -0.25) is 14.8 Å². The Bertz CT molecular complexity index is 887. The molecule has 0 bridgehead atoms. The minimum Gasteiger partial charge on any atom is -0.504 e. The summed E-state index contributed by atoms with van der Waals surface area (Å²) < 4.78 is 12.9. The zero-order chi connectivity index (χ0) is 16.4. The molecule has 0 spiro atoms. The van der Waals surface area contributed by atoms with E-state index in [-0.39, 0.29) is 29.3 Å². The number of hydrogen-bond donors (Lipinski definition) is 2. The highest BCUT2D eigenvalue weighted by Gasteiger charge is 2.18. The van der Waals surface area contributed by atoms with Crippen molar-refractivity contribution in [1.82, 2.24) is 20.3 Å². The Hall–Kier alpha value is -3.03. The molecule has 23 heavy (non-hydrogen) atoms. The van der Waals surface area contributed by atoms with Crippen molar-refractivity contribution < 1.29 is 14.3 Å². The molecule has 0 aliphatic heterocycles. The number of aromatic hydroxyl groups is 1. The molecule has 0 atom stereocenters. The molecule has 3 aromatic rings. The van der Waals surface area contributed by atoms with Gasteiger partial charge in [0.25, 0.3) is 5.91 Å². The Morgan fingerprint density at radius 1 is 1.17 bits per heavy atom. The number of carbonyl (C=O) groups is 1. The van der Waals surface area contributed by atoms with E-state index < -0.39 is 5.91 Å². The van der Waals surface area contributed by atoms with Crippen LogP contribution in [0.25, 0.3) is 11.0 Å². The molecule has 0 aliphatic rings. The van der Waals surface area contributed by atoms with Gasteiger partial charge >= 0.3 is 0 Å². The zero-order valence-electron chi connectivity index (χ0n) is 12.2. The molecule has 1 aromatic carbocycles. The molecule has 0 aliphatic carbocycles. The smallest absolute Gasteiger partial charge is 0.274 e. The average Bonchev–Trinajstić information content (AvgIpc) is 2.57. The van der Waals surface area contributed by atoms with E-state index in [1.807, 2.05) is 0 Å². The van der Waals surface area contributed by atoms with E-state index >= 15 is 0 Å². The summed E-state index contributed by atoms with van der Waals surface area (Å²) in [4.78, 5) is 24.5. The van der Waals surface area contributed by atoms with Crippen molar-refractivity contribution in [3.8, 4) is 5.75 Å². The molecule has 6 nitrogen and oxygen atoms in total. The molecule has 0 saturated carbocycles. The van der Waals surface area contributed by atoms with Crippen LogP contribution >= 0.6 is 0 Å². The first-order valence-electron chi connectivity index (χ1n) is 6.89. The van der Waals surface area contributed by atoms with Crippen LogP contribution in [-0.4, -0.2) is 33.8 Å². The third-order valence-electron chi connectivity index (χ3n) is 3.35. The van der Waals surface area contributed by atoms with Crippen LogP contribution in [0.2, 0.25) is 0 Å². The van der Waals surface area contributed by atoms with Gasteiger partial charge in [-0.1, -0.05) is 12.1 Å². The van der Waals surface area contributed by atoms with Gasteiger partial charge in [-0.2, -0.15) is 0 Å². The summed E-state index contributed by atoms with van der Waals surface area (Å²) in [5, 5.41) is 12.8. The molecule has 8 heteroatoms. The first kappa shape index (κ1) is 14.9. The maximum Gasteiger partial charge on any atom is 0.274 e. The summed E-state index contributed by atoms with van der Waals surface area (Å²) >= 11 is 0. The van der Waals surface area contributed by atoms with Gasteiger partial charge in [0.05, 0.1) is 0 Å². The predicted octanol–water partition coefficient (Wildman–Crippen LogP) is 0.0579. The fraction of sp³-hybridized carbons (Fsp3) is 0.0667. The van der Waals surface area contributed by atoms with E-state index in [4.69, 9.17) is 0 Å². The number of hydrogen-bond acceptors (Lipinski definition) is 5. The normalized spacial score (nSPS) is 10.7. The minimum atomic E-state index is -0.539. The van der Waals surface area contributed by atoms with Crippen LogP contribution in [0.4, 0.5) is 4.39 Å². The van der Waals surface area contributed by atoms with Crippen molar-refractivity contribution in [2.75, 3.05) is 0 Å². The summed E-state index contributed by atoms with van der Waals surface area (Å²) in [6, 6.07) is 5.76. The minimum absolute atomic E-state index is 0.113. The van der Waals surface area contributed by atoms with E-state index in [9.17, 15) is 14.3 Å². The van der Waals surface area contributed by atoms with Crippen molar-refractivity contribution in [3.63, 3.8) is 0 Å². The molecule has 0 fully saturated rings. The fourth-order valence-corrected chi connectivity index (χ4v) is 2.19. The van der Waals surface area contributed by atoms with Crippen LogP contribution in [0.1, 0.15) is 16.1 Å². The molecule has 2 aromatic heterocycles. The van der Waals surface area contributed by atoms with E-state index in [2.05, 4.69) is 20.3 Å². The quantitative estimate of drug-likeness (QED) is 0.668. The number of aromatic nitrogens is 3. The van der Waals surface area contributed by atoms with Crippen molar-refractivity contribution in [2.24, 2.45) is 0 Å². The SMILES string of the molecule is Bc1nc(C(=O)NCc2ccc(F)cc2)c(O)c2nccnc12. The van der Waals surface area contributed by atoms with Gasteiger partial charge in [-0.05, 0) is 17.7 Å². The van der Waals surface area contributed by atoms with Gasteiger partial charge in [0.2, 0.25) is 0 Å². The molecule has 0 unspecified atom stereocenters. The van der Waals surface area contributed by atoms with Gasteiger partial charge in [0, 0.05) is 24.5 Å². The molecular weight excluding hydrogens is 298 g/mol. The van der Waals surface area contributed by atoms with Gasteiger partial charge < -0.3 is 10.4 Å². The highest BCUT2D eigenvalue weighted by molar-refractivity contribution is 6.36. The van der Waals surface area contributed by atoms with Crippen molar-refractivity contribution >= 4 is 30.4 Å². The summed E-state index contributed by atoms with van der Waals surface area (Å²) in [6.45, 7) is 0.192. The Balaban J connectivity index is 1.86. The van der Waals surface area contributed by atoms with E-state index in [1.165, 1.54) is 24.5 Å². The molecule has 2 N–H and O–H groups in total. The zero-order valence-corrected chi connectivity index (χ0v) is 12.2. The third kappa shape index (κ3) is 2.96. The first-order chi connectivity index (χ1) is 11.1. The highest BCUT2D eigenvalue weighted by atomic mass is 19.1. The van der Waals surface area contributed by atoms with Crippen LogP contribution < -0.4 is 10.9 Å². The topological polar surface area (TPSA) is 88.0 Å². The van der Waals surface area contributed by atoms with E-state index in [0.29, 0.717) is 11.1 Å². The maximum atomic E-state index is 12.9. The van der Waals surface area contributed by atoms with Crippen molar-refractivity contribution in [2.45, 2.75) is 6.54 Å². The summed E-state index contributed by atoms with van der Waals surface area (Å²) in [5.41, 5.74) is 1.79. The number of fused-ring (bicyclic) bond motifs is 1. The Kier molecular flexibility index (Phi) is 3.88. The lowest BCUT2D eigenvalue weighted by molar-refractivity contribution is 0.0943. The number of benzene rings is 1. The molecule has 114 valence electrons. The Labute approximate surface area is 131 Å². The van der Waals surface area contributed by atoms with Gasteiger partial charge in [-0.25, -0.2) is 9.37 Å². The molecule has 0 radical (unpaired) electrons. The number of carbonyl (C=O) groups excluding carboxylic acids is 1. The number of amides is 1. The second kappa shape index (κ2) is 6.00. The number of nitrogens with zero attached hydrogens (tertiary/aromatic N) is 3. The van der Waals surface area contributed by atoms with Crippen LogP contribution in [-0.2, 0) is 6.54 Å². The summed E-state index contributed by atoms with van der Waals surface area (Å²) in [6.07, 6.45) is 2.92. The average molecular weight is 310 g/mol. The fourth-order valence-electron chi connectivity index (χ4n) is 2.19. The number of pyridine rings is 1. The third-order valence-corrected chi connectivity index (χ3v) is 3.35. The number of rotatable bonds is 3. The molecular formula is C15H12BFN4O2. The molecule has 2 heterocycles. The Morgan fingerprint density at radius 2 is 1.83 bits per heavy atom. The van der Waals surface area contributed by atoms with Crippen LogP contribution in [0.3, 0.4) is 0 Å². The lowest BCUT2D eigenvalue weighted by atomic mass is 10.0. The van der Waals surface area contributed by atoms with Crippen LogP contribution in [0, 0.1) is 5.82 Å². The van der Waals surface area contributed by atoms with Gasteiger partial charge in [0.15, 0.2) is 19.3 Å². The maximum absolute atomic E-state index is 12.9. The van der Waals surface area contributed by atoms with Crippen molar-refractivity contribution in [1.29, 1.82) is 0 Å². The van der Waals surface area contributed by atoms with E-state index in [1.54, 1.807) is 20.0 Å². The van der Waals surface area contributed by atoms with Crippen LogP contribution in [0.5, 0.6) is 5.75 Å². The Morgan fingerprint density at radius 3 is 2.52 bits per heavy atom.